The molecule has 0 atom stereocenters. The normalized spacial score (nSPS) is 19.2. The molecule has 1 saturated heterocycles. The first-order valence-electron chi connectivity index (χ1n) is 6.74. The predicted octanol–water partition coefficient (Wildman–Crippen LogP) is 3.26. The zero-order chi connectivity index (χ0) is 15.7. The highest BCUT2D eigenvalue weighted by Gasteiger charge is 2.34. The van der Waals surface area contributed by atoms with E-state index in [0.29, 0.717) is 18.9 Å². The summed E-state index contributed by atoms with van der Waals surface area (Å²) in [5.41, 5.74) is -0.909. The minimum Gasteiger partial charge on any atom is -0.357 e. The van der Waals surface area contributed by atoms with Gasteiger partial charge in [-0.05, 0) is 6.42 Å². The average molecular weight is 320 g/mol. The van der Waals surface area contributed by atoms with Crippen LogP contribution in [0.4, 0.5) is 24.9 Å². The molecule has 0 unspecified atom stereocenters. The third-order valence-electron chi connectivity index (χ3n) is 3.39. The average Bonchev–Trinajstić information content (AvgIpc) is 2.58. The van der Waals surface area contributed by atoms with E-state index in [1.807, 2.05) is 16.7 Å². The molecule has 0 spiro atoms. The molecule has 1 aliphatic rings. The largest absolute Gasteiger partial charge is 0.433 e. The molecule has 1 aromatic heterocycles. The van der Waals surface area contributed by atoms with Crippen molar-refractivity contribution in [3.05, 3.63) is 11.8 Å². The molecular formula is C13H19F3N4S. The number of halogens is 3. The van der Waals surface area contributed by atoms with Crippen LogP contribution in [0, 0.1) is 0 Å². The first kappa shape index (κ1) is 16.2. The van der Waals surface area contributed by atoms with E-state index in [9.17, 15) is 13.2 Å². The van der Waals surface area contributed by atoms with Crippen molar-refractivity contribution in [2.24, 2.45) is 0 Å². The summed E-state index contributed by atoms with van der Waals surface area (Å²) in [6.07, 6.45) is -3.57. The van der Waals surface area contributed by atoms with Crippen molar-refractivity contribution < 1.29 is 13.2 Å². The minimum absolute atomic E-state index is 0.00372. The fourth-order valence-electron chi connectivity index (χ4n) is 2.10. The lowest BCUT2D eigenvalue weighted by molar-refractivity contribution is -0.141. The maximum Gasteiger partial charge on any atom is 0.433 e. The number of nitrogens with zero attached hydrogens (tertiary/aromatic N) is 3. The molecule has 1 aromatic rings. The Morgan fingerprint density at radius 2 is 2.00 bits per heavy atom. The Labute approximate surface area is 126 Å². The van der Waals surface area contributed by atoms with Crippen LogP contribution < -0.4 is 10.2 Å². The molecule has 4 nitrogen and oxygen atoms in total. The summed E-state index contributed by atoms with van der Waals surface area (Å²) in [7, 11) is 1.51. The number of aromatic nitrogens is 2. The third kappa shape index (κ3) is 4.15. The monoisotopic (exact) mass is 320 g/mol. The van der Waals surface area contributed by atoms with Gasteiger partial charge >= 0.3 is 6.18 Å². The molecule has 0 amide bonds. The molecule has 0 saturated carbocycles. The van der Waals surface area contributed by atoms with Gasteiger partial charge in [0.2, 0.25) is 5.95 Å². The highest BCUT2D eigenvalue weighted by Crippen LogP contribution is 2.34. The molecule has 118 valence electrons. The second-order valence-electron chi connectivity index (χ2n) is 5.53. The lowest BCUT2D eigenvalue weighted by Gasteiger charge is -2.24. The van der Waals surface area contributed by atoms with Gasteiger partial charge in [-0.2, -0.15) is 29.9 Å². The fraction of sp³-hybridized carbons (Fsp3) is 0.692. The van der Waals surface area contributed by atoms with Crippen LogP contribution >= 0.6 is 11.8 Å². The Hall–Kier alpha value is -1.18. The number of hydrogen-bond donors (Lipinski definition) is 1. The summed E-state index contributed by atoms with van der Waals surface area (Å²) in [6.45, 7) is 5.69. The molecule has 2 heterocycles. The highest BCUT2D eigenvalue weighted by atomic mass is 32.2. The Kier molecular flexibility index (Phi) is 4.55. The minimum atomic E-state index is -4.47. The molecule has 1 aliphatic heterocycles. The maximum absolute atomic E-state index is 12.9. The number of nitrogens with one attached hydrogen (secondary N) is 1. The summed E-state index contributed by atoms with van der Waals surface area (Å²) >= 11 is 1.84. The van der Waals surface area contributed by atoms with Gasteiger partial charge in [-0.3, -0.25) is 0 Å². The summed E-state index contributed by atoms with van der Waals surface area (Å²) in [5.74, 6) is 1.20. The molecule has 8 heteroatoms. The first-order chi connectivity index (χ1) is 9.71. The number of thioether (sulfide) groups is 1. The van der Waals surface area contributed by atoms with Crippen LogP contribution in [0.25, 0.3) is 0 Å². The van der Waals surface area contributed by atoms with Crippen molar-refractivity contribution >= 4 is 23.5 Å². The molecule has 21 heavy (non-hydrogen) atoms. The van der Waals surface area contributed by atoms with Gasteiger partial charge in [0.05, 0.1) is 0 Å². The number of rotatable bonds is 2. The third-order valence-corrected chi connectivity index (χ3v) is 4.76. The van der Waals surface area contributed by atoms with E-state index >= 15 is 0 Å². The first-order valence-corrected chi connectivity index (χ1v) is 7.73. The lowest BCUT2D eigenvalue weighted by Crippen LogP contribution is -2.28. The Morgan fingerprint density at radius 3 is 2.62 bits per heavy atom. The Morgan fingerprint density at radius 1 is 1.29 bits per heavy atom. The van der Waals surface area contributed by atoms with Crippen LogP contribution in [-0.4, -0.2) is 40.6 Å². The van der Waals surface area contributed by atoms with Crippen molar-refractivity contribution in [1.29, 1.82) is 0 Å². The predicted molar refractivity (Wildman–Crippen MR) is 79.9 cm³/mol. The van der Waals surface area contributed by atoms with E-state index in [0.717, 1.165) is 18.2 Å². The van der Waals surface area contributed by atoms with Gasteiger partial charge in [-0.15, -0.1) is 0 Å². The van der Waals surface area contributed by atoms with Crippen molar-refractivity contribution in [1.82, 2.24) is 9.97 Å². The summed E-state index contributed by atoms with van der Waals surface area (Å²) in [4.78, 5) is 9.57. The van der Waals surface area contributed by atoms with Crippen molar-refractivity contribution in [3.63, 3.8) is 0 Å². The molecule has 0 aromatic carbocycles. The Balaban J connectivity index is 2.30. The summed E-state index contributed by atoms with van der Waals surface area (Å²) in [5, 5.41) is 2.60. The number of anilines is 2. The van der Waals surface area contributed by atoms with Crippen LogP contribution in [0.3, 0.4) is 0 Å². The SMILES string of the molecule is CNc1nc(N2CCSC(C)(C)CC2)cc(C(F)(F)F)n1. The van der Waals surface area contributed by atoms with Gasteiger partial charge in [0.15, 0.2) is 5.69 Å². The summed E-state index contributed by atoms with van der Waals surface area (Å²) < 4.78 is 38.9. The van der Waals surface area contributed by atoms with Crippen LogP contribution in [0.5, 0.6) is 0 Å². The van der Waals surface area contributed by atoms with E-state index < -0.39 is 11.9 Å². The molecule has 0 aliphatic carbocycles. The van der Waals surface area contributed by atoms with Gasteiger partial charge < -0.3 is 10.2 Å². The van der Waals surface area contributed by atoms with Crippen molar-refractivity contribution in [2.45, 2.75) is 31.2 Å². The van der Waals surface area contributed by atoms with Crippen molar-refractivity contribution in [3.8, 4) is 0 Å². The van der Waals surface area contributed by atoms with Crippen LogP contribution in [0.2, 0.25) is 0 Å². The van der Waals surface area contributed by atoms with Gasteiger partial charge in [-0.25, -0.2) is 4.98 Å². The number of hydrogen-bond acceptors (Lipinski definition) is 5. The number of alkyl halides is 3. The fourth-order valence-corrected chi connectivity index (χ4v) is 3.20. The molecule has 1 N–H and O–H groups in total. The standard InChI is InChI=1S/C13H19F3N4S/c1-12(2)4-5-20(6-7-21-12)10-8-9(13(14,15)16)18-11(17-3)19-10/h8H,4-7H2,1-3H3,(H,17,18,19). The Bertz CT molecular complexity index is 505. The van der Waals surface area contributed by atoms with E-state index in [1.54, 1.807) is 0 Å². The van der Waals surface area contributed by atoms with Crippen LogP contribution in [0.1, 0.15) is 26.0 Å². The highest BCUT2D eigenvalue weighted by molar-refractivity contribution is 8.00. The lowest BCUT2D eigenvalue weighted by atomic mass is 10.1. The molecule has 0 bridgehead atoms. The second kappa shape index (κ2) is 5.90. The van der Waals surface area contributed by atoms with Crippen LogP contribution in [-0.2, 0) is 6.18 Å². The van der Waals surface area contributed by atoms with Gasteiger partial charge in [0, 0.05) is 36.7 Å². The van der Waals surface area contributed by atoms with Gasteiger partial charge in [0.25, 0.3) is 0 Å². The maximum atomic E-state index is 12.9. The van der Waals surface area contributed by atoms with E-state index in [2.05, 4.69) is 29.1 Å². The van der Waals surface area contributed by atoms with E-state index in [4.69, 9.17) is 0 Å². The van der Waals surface area contributed by atoms with Gasteiger partial charge in [0.1, 0.15) is 5.82 Å². The molecular weight excluding hydrogens is 301 g/mol. The van der Waals surface area contributed by atoms with Crippen molar-refractivity contribution in [2.75, 3.05) is 36.1 Å². The quantitative estimate of drug-likeness (QED) is 0.906. The second-order valence-corrected chi connectivity index (χ2v) is 7.33. The van der Waals surface area contributed by atoms with Gasteiger partial charge in [-0.1, -0.05) is 13.8 Å². The van der Waals surface area contributed by atoms with E-state index in [-0.39, 0.29) is 10.7 Å². The van der Waals surface area contributed by atoms with E-state index in [1.165, 1.54) is 7.05 Å². The zero-order valence-corrected chi connectivity index (χ0v) is 13.1. The molecule has 0 radical (unpaired) electrons. The molecule has 1 fully saturated rings. The summed E-state index contributed by atoms with van der Waals surface area (Å²) in [6, 6.07) is 1.03. The van der Waals surface area contributed by atoms with Crippen LogP contribution in [0.15, 0.2) is 6.07 Å². The topological polar surface area (TPSA) is 41.1 Å². The smallest absolute Gasteiger partial charge is 0.357 e. The zero-order valence-electron chi connectivity index (χ0n) is 12.3. The molecule has 2 rings (SSSR count).